The third-order valence-corrected chi connectivity index (χ3v) is 3.58. The van der Waals surface area contributed by atoms with Gasteiger partial charge >= 0.3 is 0 Å². The number of nitrogens with two attached hydrogens (primary N) is 1. The first kappa shape index (κ1) is 12.2. The Hall–Kier alpha value is -1.25. The summed E-state index contributed by atoms with van der Waals surface area (Å²) in [6, 6.07) is 0. The molecule has 2 heterocycles. The molecule has 1 aliphatic heterocycles. The first-order chi connectivity index (χ1) is 8.20. The molecule has 1 aromatic heterocycles. The zero-order chi connectivity index (χ0) is 12.3. The maximum Gasteiger partial charge on any atom is 0.219 e. The molecule has 7 nitrogen and oxygen atoms in total. The van der Waals surface area contributed by atoms with Crippen LogP contribution in [0.3, 0.4) is 0 Å². The molecule has 0 atom stereocenters. The van der Waals surface area contributed by atoms with Crippen molar-refractivity contribution in [3.8, 4) is 0 Å². The largest absolute Gasteiger partial charge is 0.340 e. The van der Waals surface area contributed by atoms with Gasteiger partial charge in [-0.3, -0.25) is 9.69 Å². The fraction of sp³-hybridized carbons (Fsp3) is 0.667. The molecule has 3 N–H and O–H groups in total. The molecule has 94 valence electrons. The lowest BCUT2D eigenvalue weighted by atomic mass is 10.3. The average molecular weight is 256 g/mol. The fourth-order valence-electron chi connectivity index (χ4n) is 1.85. The Morgan fingerprint density at radius 2 is 2.18 bits per heavy atom. The van der Waals surface area contributed by atoms with E-state index in [1.165, 1.54) is 11.5 Å². The summed E-state index contributed by atoms with van der Waals surface area (Å²) < 4.78 is 3.86. The van der Waals surface area contributed by atoms with E-state index >= 15 is 0 Å². The lowest BCUT2D eigenvalue weighted by Crippen LogP contribution is -2.47. The summed E-state index contributed by atoms with van der Waals surface area (Å²) in [6.07, 6.45) is 0. The van der Waals surface area contributed by atoms with Gasteiger partial charge in [0.2, 0.25) is 5.91 Å². The highest BCUT2D eigenvalue weighted by Gasteiger charge is 2.20. The average Bonchev–Trinajstić information content (AvgIpc) is 2.77. The van der Waals surface area contributed by atoms with Crippen LogP contribution in [0.1, 0.15) is 12.6 Å². The van der Waals surface area contributed by atoms with Gasteiger partial charge in [0.15, 0.2) is 0 Å². The van der Waals surface area contributed by atoms with Crippen LogP contribution >= 0.6 is 11.5 Å². The van der Waals surface area contributed by atoms with Gasteiger partial charge in [-0.05, 0) is 0 Å². The van der Waals surface area contributed by atoms with E-state index in [1.54, 1.807) is 6.92 Å². The van der Waals surface area contributed by atoms with Crippen LogP contribution < -0.4 is 11.3 Å². The van der Waals surface area contributed by atoms with E-state index in [0.29, 0.717) is 0 Å². The topological polar surface area (TPSA) is 87.4 Å². The Kier molecular flexibility index (Phi) is 3.87. The third kappa shape index (κ3) is 2.90. The van der Waals surface area contributed by atoms with E-state index in [1.807, 2.05) is 4.90 Å². The van der Waals surface area contributed by atoms with Gasteiger partial charge in [-0.2, -0.15) is 0 Å². The van der Waals surface area contributed by atoms with Crippen LogP contribution in [0.15, 0.2) is 0 Å². The van der Waals surface area contributed by atoms with Crippen molar-refractivity contribution in [3.63, 3.8) is 0 Å². The van der Waals surface area contributed by atoms with E-state index in [2.05, 4.69) is 19.9 Å². The Balaban J connectivity index is 1.88. The van der Waals surface area contributed by atoms with E-state index in [9.17, 15) is 4.79 Å². The lowest BCUT2D eigenvalue weighted by molar-refractivity contribution is -0.130. The van der Waals surface area contributed by atoms with Crippen LogP contribution in [0.25, 0.3) is 0 Å². The first-order valence-electron chi connectivity index (χ1n) is 5.46. The summed E-state index contributed by atoms with van der Waals surface area (Å²) in [5.74, 6) is 5.51. The number of nitrogens with zero attached hydrogens (tertiary/aromatic N) is 4. The molecule has 1 amide bonds. The number of hydrogen-bond donors (Lipinski definition) is 2. The minimum atomic E-state index is 0.143. The predicted molar refractivity (Wildman–Crippen MR) is 65.3 cm³/mol. The summed E-state index contributed by atoms with van der Waals surface area (Å²) in [4.78, 5) is 15.3. The number of anilines is 1. The first-order valence-corrected chi connectivity index (χ1v) is 6.23. The van der Waals surface area contributed by atoms with Gasteiger partial charge in [0.05, 0.1) is 0 Å². The summed E-state index contributed by atoms with van der Waals surface area (Å²) in [5, 5.41) is 4.84. The number of carbonyl (C=O) groups is 1. The van der Waals surface area contributed by atoms with E-state index in [0.717, 1.165) is 43.4 Å². The maximum atomic E-state index is 11.2. The zero-order valence-corrected chi connectivity index (χ0v) is 10.5. The van der Waals surface area contributed by atoms with Crippen LogP contribution in [-0.2, 0) is 11.3 Å². The Morgan fingerprint density at radius 1 is 1.47 bits per heavy atom. The number of nitrogen functional groups attached to an aromatic ring is 1. The van der Waals surface area contributed by atoms with E-state index in [-0.39, 0.29) is 5.91 Å². The van der Waals surface area contributed by atoms with Crippen LogP contribution in [0.2, 0.25) is 0 Å². The molecule has 0 spiro atoms. The highest BCUT2D eigenvalue weighted by molar-refractivity contribution is 7.10. The van der Waals surface area contributed by atoms with Gasteiger partial charge < -0.3 is 10.3 Å². The SMILES string of the molecule is CC(=O)N1CCN(Cc2nnsc2NN)CC1. The Bertz CT molecular complexity index is 387. The van der Waals surface area contributed by atoms with Crippen molar-refractivity contribution < 1.29 is 4.79 Å². The van der Waals surface area contributed by atoms with Crippen molar-refractivity contribution in [2.75, 3.05) is 31.6 Å². The van der Waals surface area contributed by atoms with Crippen molar-refractivity contribution in [2.45, 2.75) is 13.5 Å². The van der Waals surface area contributed by atoms with Crippen molar-refractivity contribution in [3.05, 3.63) is 5.69 Å². The van der Waals surface area contributed by atoms with Crippen LogP contribution in [0, 0.1) is 0 Å². The number of amides is 1. The molecule has 0 unspecified atom stereocenters. The van der Waals surface area contributed by atoms with Crippen molar-refractivity contribution >= 4 is 22.4 Å². The minimum Gasteiger partial charge on any atom is -0.340 e. The van der Waals surface area contributed by atoms with Crippen molar-refractivity contribution in [1.82, 2.24) is 19.4 Å². The lowest BCUT2D eigenvalue weighted by Gasteiger charge is -2.33. The highest BCUT2D eigenvalue weighted by Crippen LogP contribution is 2.18. The number of carbonyl (C=O) groups excluding carboxylic acids is 1. The number of nitrogens with one attached hydrogen (secondary N) is 1. The smallest absolute Gasteiger partial charge is 0.219 e. The van der Waals surface area contributed by atoms with Gasteiger partial charge in [0, 0.05) is 51.2 Å². The molecule has 0 saturated carbocycles. The molecule has 1 aliphatic rings. The van der Waals surface area contributed by atoms with Gasteiger partial charge in [-0.25, -0.2) is 5.84 Å². The summed E-state index contributed by atoms with van der Waals surface area (Å²) in [5.41, 5.74) is 3.46. The number of piperazine rings is 1. The molecule has 0 aromatic carbocycles. The van der Waals surface area contributed by atoms with Crippen LogP contribution in [0.4, 0.5) is 5.00 Å². The molecule has 0 bridgehead atoms. The normalized spacial score (nSPS) is 17.2. The second-order valence-corrected chi connectivity index (χ2v) is 4.73. The quantitative estimate of drug-likeness (QED) is 0.559. The Morgan fingerprint density at radius 3 is 2.76 bits per heavy atom. The van der Waals surface area contributed by atoms with Crippen LogP contribution in [0.5, 0.6) is 0 Å². The molecule has 0 radical (unpaired) electrons. The molecule has 1 aromatic rings. The van der Waals surface area contributed by atoms with E-state index < -0.39 is 0 Å². The summed E-state index contributed by atoms with van der Waals surface area (Å²) in [7, 11) is 0. The van der Waals surface area contributed by atoms with Gasteiger partial charge in [0.1, 0.15) is 10.7 Å². The van der Waals surface area contributed by atoms with Crippen molar-refractivity contribution in [1.29, 1.82) is 0 Å². The zero-order valence-electron chi connectivity index (χ0n) is 9.72. The monoisotopic (exact) mass is 256 g/mol. The molecule has 8 heteroatoms. The molecular weight excluding hydrogens is 240 g/mol. The number of hydrazine groups is 1. The second-order valence-electron chi connectivity index (χ2n) is 3.98. The fourth-order valence-corrected chi connectivity index (χ4v) is 2.34. The predicted octanol–water partition coefficient (Wildman–Crippen LogP) is -0.512. The van der Waals surface area contributed by atoms with E-state index in [4.69, 9.17) is 5.84 Å². The molecule has 17 heavy (non-hydrogen) atoms. The summed E-state index contributed by atoms with van der Waals surface area (Å²) in [6.45, 7) is 5.61. The number of rotatable bonds is 3. The molecular formula is C9H16N6OS. The van der Waals surface area contributed by atoms with Gasteiger partial charge in [-0.1, -0.05) is 4.49 Å². The standard InChI is InChI=1S/C9H16N6OS/c1-7(16)15-4-2-14(3-5-15)6-8-9(11-10)17-13-12-8/h11H,2-6,10H2,1H3. The number of hydrogen-bond acceptors (Lipinski definition) is 7. The summed E-state index contributed by atoms with van der Waals surface area (Å²) >= 11 is 1.26. The van der Waals surface area contributed by atoms with Crippen LogP contribution in [-0.4, -0.2) is 51.5 Å². The Labute approximate surface area is 104 Å². The van der Waals surface area contributed by atoms with Gasteiger partial charge in [-0.15, -0.1) is 5.10 Å². The second kappa shape index (κ2) is 5.39. The molecule has 2 rings (SSSR count). The van der Waals surface area contributed by atoms with Gasteiger partial charge in [0.25, 0.3) is 0 Å². The minimum absolute atomic E-state index is 0.143. The van der Waals surface area contributed by atoms with Crippen molar-refractivity contribution in [2.24, 2.45) is 5.84 Å². The molecule has 1 saturated heterocycles. The number of aromatic nitrogens is 2. The molecule has 1 fully saturated rings. The third-order valence-electron chi connectivity index (χ3n) is 2.88. The highest BCUT2D eigenvalue weighted by atomic mass is 32.1. The molecule has 0 aliphatic carbocycles. The maximum absolute atomic E-state index is 11.2.